The summed E-state index contributed by atoms with van der Waals surface area (Å²) in [6, 6.07) is 0. The molecule has 1 atom stereocenters. The first-order valence-electron chi connectivity index (χ1n) is 3.78. The predicted molar refractivity (Wildman–Crippen MR) is 48.5 cm³/mol. The van der Waals surface area contributed by atoms with Gasteiger partial charge in [-0.05, 0) is 25.2 Å². The zero-order chi connectivity index (χ0) is 8.15. The van der Waals surface area contributed by atoms with Crippen molar-refractivity contribution < 1.29 is 0 Å². The van der Waals surface area contributed by atoms with Crippen molar-refractivity contribution in [2.45, 2.75) is 27.2 Å². The van der Waals surface area contributed by atoms with Gasteiger partial charge in [0.25, 0.3) is 0 Å². The highest BCUT2D eigenvalue weighted by Gasteiger charge is 2.11. The fourth-order valence-corrected chi connectivity index (χ4v) is 1.38. The monoisotopic (exact) mass is 160 g/mol. The molecule has 1 heteroatoms. The Morgan fingerprint density at radius 1 is 1.50 bits per heavy atom. The maximum Gasteiger partial charge on any atom is 0.0257 e. The first kappa shape index (κ1) is 10.0. The molecule has 0 saturated heterocycles. The van der Waals surface area contributed by atoms with E-state index in [9.17, 15) is 0 Å². The first-order valence-corrected chi connectivity index (χ1v) is 4.31. The molecule has 0 aliphatic heterocycles. The van der Waals surface area contributed by atoms with E-state index in [4.69, 9.17) is 11.6 Å². The smallest absolute Gasteiger partial charge is 0.0257 e. The van der Waals surface area contributed by atoms with Crippen LogP contribution in [0.5, 0.6) is 0 Å². The highest BCUT2D eigenvalue weighted by molar-refractivity contribution is 6.18. The summed E-state index contributed by atoms with van der Waals surface area (Å²) in [7, 11) is 0. The van der Waals surface area contributed by atoms with Crippen LogP contribution in [0.4, 0.5) is 0 Å². The molecular weight excluding hydrogens is 144 g/mol. The zero-order valence-electron chi connectivity index (χ0n) is 7.15. The van der Waals surface area contributed by atoms with Crippen LogP contribution < -0.4 is 0 Å². The molecule has 0 aromatic heterocycles. The molecule has 0 saturated carbocycles. The molecule has 0 bridgehead atoms. The molecule has 60 valence electrons. The highest BCUT2D eigenvalue weighted by atomic mass is 35.5. The lowest BCUT2D eigenvalue weighted by Gasteiger charge is -2.17. The van der Waals surface area contributed by atoms with Crippen molar-refractivity contribution >= 4 is 11.6 Å². The summed E-state index contributed by atoms with van der Waals surface area (Å²) < 4.78 is 0. The van der Waals surface area contributed by atoms with Crippen molar-refractivity contribution in [2.75, 3.05) is 5.88 Å². The second-order valence-corrected chi connectivity index (χ2v) is 3.63. The van der Waals surface area contributed by atoms with Crippen LogP contribution in [0.3, 0.4) is 0 Å². The first-order chi connectivity index (χ1) is 4.57. The fourth-order valence-electron chi connectivity index (χ4n) is 0.916. The number of hydrogen-bond donors (Lipinski definition) is 0. The lowest BCUT2D eigenvalue weighted by atomic mass is 9.92. The third-order valence-electron chi connectivity index (χ3n) is 1.75. The van der Waals surface area contributed by atoms with Gasteiger partial charge in [-0.15, -0.1) is 18.2 Å². The van der Waals surface area contributed by atoms with Crippen LogP contribution >= 0.6 is 11.6 Å². The summed E-state index contributed by atoms with van der Waals surface area (Å²) in [5.41, 5.74) is 1.24. The van der Waals surface area contributed by atoms with Crippen molar-refractivity contribution in [3.05, 3.63) is 12.2 Å². The summed E-state index contributed by atoms with van der Waals surface area (Å²) in [6.45, 7) is 10.3. The molecule has 0 heterocycles. The van der Waals surface area contributed by atoms with Gasteiger partial charge in [0.05, 0.1) is 0 Å². The van der Waals surface area contributed by atoms with E-state index in [0.29, 0.717) is 11.8 Å². The Balaban J connectivity index is 3.71. The Bertz CT molecular complexity index is 105. The normalized spacial score (nSPS) is 13.7. The number of hydrogen-bond acceptors (Lipinski definition) is 0. The SMILES string of the molecule is C=C(C)CC(CCl)C(C)C. The van der Waals surface area contributed by atoms with E-state index in [0.717, 1.165) is 12.3 Å². The molecule has 0 nitrogen and oxygen atoms in total. The van der Waals surface area contributed by atoms with E-state index < -0.39 is 0 Å². The van der Waals surface area contributed by atoms with Crippen LogP contribution in [-0.4, -0.2) is 5.88 Å². The van der Waals surface area contributed by atoms with E-state index in [1.54, 1.807) is 0 Å². The van der Waals surface area contributed by atoms with Gasteiger partial charge in [-0.1, -0.05) is 19.4 Å². The number of halogens is 1. The Kier molecular flexibility index (Phi) is 4.80. The Hall–Kier alpha value is 0.0300. The number of alkyl halides is 1. The van der Waals surface area contributed by atoms with Gasteiger partial charge in [0.15, 0.2) is 0 Å². The molecular formula is C9H17Cl. The minimum atomic E-state index is 0.610. The van der Waals surface area contributed by atoms with Gasteiger partial charge in [0, 0.05) is 5.88 Å². The summed E-state index contributed by atoms with van der Waals surface area (Å²) in [5, 5.41) is 0. The quantitative estimate of drug-likeness (QED) is 0.437. The average molecular weight is 161 g/mol. The molecule has 0 aliphatic rings. The van der Waals surface area contributed by atoms with Gasteiger partial charge >= 0.3 is 0 Å². The van der Waals surface area contributed by atoms with E-state index in [1.807, 2.05) is 0 Å². The zero-order valence-corrected chi connectivity index (χ0v) is 7.91. The summed E-state index contributed by atoms with van der Waals surface area (Å²) in [4.78, 5) is 0. The summed E-state index contributed by atoms with van der Waals surface area (Å²) >= 11 is 5.77. The summed E-state index contributed by atoms with van der Waals surface area (Å²) in [6.07, 6.45) is 1.07. The second-order valence-electron chi connectivity index (χ2n) is 3.32. The van der Waals surface area contributed by atoms with Gasteiger partial charge in [0.1, 0.15) is 0 Å². The van der Waals surface area contributed by atoms with E-state index in [1.165, 1.54) is 5.57 Å². The van der Waals surface area contributed by atoms with Crippen molar-refractivity contribution in [1.82, 2.24) is 0 Å². The average Bonchev–Trinajstić information content (AvgIpc) is 1.81. The van der Waals surface area contributed by atoms with Gasteiger partial charge in [-0.25, -0.2) is 0 Å². The van der Waals surface area contributed by atoms with Gasteiger partial charge < -0.3 is 0 Å². The maximum absolute atomic E-state index is 5.77. The molecule has 0 aliphatic carbocycles. The molecule has 0 aromatic carbocycles. The third-order valence-corrected chi connectivity index (χ3v) is 2.15. The van der Waals surface area contributed by atoms with Crippen molar-refractivity contribution in [1.29, 1.82) is 0 Å². The van der Waals surface area contributed by atoms with Crippen LogP contribution in [0.25, 0.3) is 0 Å². The van der Waals surface area contributed by atoms with Crippen LogP contribution in [-0.2, 0) is 0 Å². The molecule has 0 N–H and O–H groups in total. The van der Waals surface area contributed by atoms with Crippen LogP contribution in [0.2, 0.25) is 0 Å². The predicted octanol–water partition coefficient (Wildman–Crippen LogP) is 3.46. The van der Waals surface area contributed by atoms with Crippen LogP contribution in [0.15, 0.2) is 12.2 Å². The molecule has 0 aromatic rings. The Morgan fingerprint density at radius 3 is 2.10 bits per heavy atom. The Labute approximate surface area is 69.3 Å². The van der Waals surface area contributed by atoms with E-state index >= 15 is 0 Å². The molecule has 0 spiro atoms. The van der Waals surface area contributed by atoms with Crippen molar-refractivity contribution in [3.63, 3.8) is 0 Å². The maximum atomic E-state index is 5.77. The van der Waals surface area contributed by atoms with Crippen LogP contribution in [0.1, 0.15) is 27.2 Å². The van der Waals surface area contributed by atoms with Gasteiger partial charge in [0.2, 0.25) is 0 Å². The van der Waals surface area contributed by atoms with Crippen molar-refractivity contribution in [2.24, 2.45) is 11.8 Å². The standard InChI is InChI=1S/C9H17Cl/c1-7(2)5-9(6-10)8(3)4/h8-9H,1,5-6H2,2-4H3. The minimum Gasteiger partial charge on any atom is -0.126 e. The largest absolute Gasteiger partial charge is 0.126 e. The Morgan fingerprint density at radius 2 is 2.00 bits per heavy atom. The number of rotatable bonds is 4. The lowest BCUT2D eigenvalue weighted by Crippen LogP contribution is -2.10. The van der Waals surface area contributed by atoms with E-state index in [2.05, 4.69) is 27.4 Å². The molecule has 1 unspecified atom stereocenters. The summed E-state index contributed by atoms with van der Waals surface area (Å²) in [5.74, 6) is 2.04. The molecule has 0 fully saturated rings. The molecule has 10 heavy (non-hydrogen) atoms. The van der Waals surface area contributed by atoms with E-state index in [-0.39, 0.29) is 0 Å². The van der Waals surface area contributed by atoms with Gasteiger partial charge in [-0.3, -0.25) is 0 Å². The molecule has 0 rings (SSSR count). The van der Waals surface area contributed by atoms with Crippen molar-refractivity contribution in [3.8, 4) is 0 Å². The molecule has 0 radical (unpaired) electrons. The topological polar surface area (TPSA) is 0 Å². The minimum absolute atomic E-state index is 0.610. The molecule has 0 amide bonds. The second kappa shape index (κ2) is 4.79. The number of allylic oxidation sites excluding steroid dienone is 1. The fraction of sp³-hybridized carbons (Fsp3) is 0.778. The third kappa shape index (κ3) is 3.94. The van der Waals surface area contributed by atoms with Crippen LogP contribution in [0, 0.1) is 11.8 Å². The lowest BCUT2D eigenvalue weighted by molar-refractivity contribution is 0.421. The van der Waals surface area contributed by atoms with Gasteiger partial charge in [-0.2, -0.15) is 0 Å². The highest BCUT2D eigenvalue weighted by Crippen LogP contribution is 2.19.